The first kappa shape index (κ1) is 25.8. The van der Waals surface area contributed by atoms with Gasteiger partial charge in [-0.05, 0) is 38.5 Å². The molecule has 2 rings (SSSR count). The Morgan fingerprint density at radius 2 is 1.86 bits per heavy atom. The molecular formula is C21H37IN4O3. The van der Waals surface area contributed by atoms with Crippen molar-refractivity contribution in [2.45, 2.75) is 32.9 Å². The van der Waals surface area contributed by atoms with Crippen molar-refractivity contribution in [2.75, 3.05) is 60.6 Å². The van der Waals surface area contributed by atoms with Crippen molar-refractivity contribution in [3.63, 3.8) is 0 Å². The first-order valence-corrected chi connectivity index (χ1v) is 10.1. The van der Waals surface area contributed by atoms with E-state index in [1.165, 1.54) is 0 Å². The lowest BCUT2D eigenvalue weighted by Crippen LogP contribution is -2.52. The minimum atomic E-state index is 0. The zero-order valence-corrected chi connectivity index (χ0v) is 20.8. The van der Waals surface area contributed by atoms with Crippen LogP contribution in [0.25, 0.3) is 0 Å². The molecule has 0 radical (unpaired) electrons. The third kappa shape index (κ3) is 8.55. The normalized spacial score (nSPS) is 15.2. The average molecular weight is 520 g/mol. The van der Waals surface area contributed by atoms with Crippen molar-refractivity contribution >= 4 is 29.9 Å². The van der Waals surface area contributed by atoms with Gasteiger partial charge >= 0.3 is 0 Å². The van der Waals surface area contributed by atoms with E-state index in [0.29, 0.717) is 0 Å². The molecule has 1 aliphatic heterocycles. The number of aliphatic imine (C=N–C) groups is 1. The summed E-state index contributed by atoms with van der Waals surface area (Å²) in [6.45, 7) is 10.5. The number of nitrogens with one attached hydrogen (secondary N) is 1. The lowest BCUT2D eigenvalue weighted by molar-refractivity contribution is 0.0775. The van der Waals surface area contributed by atoms with Gasteiger partial charge in [-0.1, -0.05) is 0 Å². The van der Waals surface area contributed by atoms with Gasteiger partial charge in [-0.25, -0.2) is 0 Å². The smallest absolute Gasteiger partial charge is 0.193 e. The van der Waals surface area contributed by atoms with Crippen molar-refractivity contribution in [1.82, 2.24) is 15.1 Å². The predicted molar refractivity (Wildman–Crippen MR) is 129 cm³/mol. The third-order valence-corrected chi connectivity index (χ3v) is 4.82. The Hall–Kier alpha value is -1.26. The fourth-order valence-corrected chi connectivity index (χ4v) is 3.29. The molecule has 1 fully saturated rings. The molecule has 0 saturated carbocycles. The molecule has 7 nitrogen and oxygen atoms in total. The van der Waals surface area contributed by atoms with Crippen LogP contribution in [0, 0.1) is 0 Å². The summed E-state index contributed by atoms with van der Waals surface area (Å²) in [5.41, 5.74) is 1.16. The van der Waals surface area contributed by atoms with Crippen LogP contribution in [-0.4, -0.2) is 82.5 Å². The summed E-state index contributed by atoms with van der Waals surface area (Å²) in [5, 5.41) is 3.45. The van der Waals surface area contributed by atoms with Gasteiger partial charge in [0, 0.05) is 58.5 Å². The molecule has 1 aliphatic rings. The van der Waals surface area contributed by atoms with Gasteiger partial charge in [-0.15, -0.1) is 24.0 Å². The highest BCUT2D eigenvalue weighted by Gasteiger charge is 2.20. The highest BCUT2D eigenvalue weighted by atomic mass is 127. The first-order valence-electron chi connectivity index (χ1n) is 10.1. The fourth-order valence-electron chi connectivity index (χ4n) is 3.29. The Labute approximate surface area is 192 Å². The second-order valence-electron chi connectivity index (χ2n) is 7.19. The molecular weight excluding hydrogens is 483 g/mol. The Morgan fingerprint density at radius 1 is 1.14 bits per heavy atom. The molecule has 166 valence electrons. The van der Waals surface area contributed by atoms with Crippen LogP contribution >= 0.6 is 24.0 Å². The first-order chi connectivity index (χ1) is 13.6. The van der Waals surface area contributed by atoms with Gasteiger partial charge in [-0.2, -0.15) is 0 Å². The second kappa shape index (κ2) is 13.9. The Balaban J connectivity index is 0.00000420. The van der Waals surface area contributed by atoms with E-state index in [0.717, 1.165) is 75.3 Å². The molecule has 0 aromatic heterocycles. The standard InChI is InChI=1S/C21H36N4O3.HI/c1-17(2)28-14-6-9-23-21(22-3)25-12-10-24(11-13-25)16-18-15-19(26-4)7-8-20(18)27-5;/h7-8,15,17H,6,9-14,16H2,1-5H3,(H,22,23);1H. The minimum absolute atomic E-state index is 0. The molecule has 1 aromatic carbocycles. The van der Waals surface area contributed by atoms with E-state index in [9.17, 15) is 0 Å². The highest BCUT2D eigenvalue weighted by molar-refractivity contribution is 14.0. The van der Waals surface area contributed by atoms with Crippen molar-refractivity contribution in [3.8, 4) is 11.5 Å². The summed E-state index contributed by atoms with van der Waals surface area (Å²) in [4.78, 5) is 9.20. The predicted octanol–water partition coefficient (Wildman–Crippen LogP) is 2.83. The lowest BCUT2D eigenvalue weighted by Gasteiger charge is -2.36. The molecule has 0 atom stereocenters. The summed E-state index contributed by atoms with van der Waals surface area (Å²) in [6.07, 6.45) is 1.27. The molecule has 29 heavy (non-hydrogen) atoms. The maximum atomic E-state index is 5.59. The number of halogens is 1. The molecule has 1 heterocycles. The molecule has 1 saturated heterocycles. The molecule has 1 aromatic rings. The summed E-state index contributed by atoms with van der Waals surface area (Å²) in [6, 6.07) is 5.96. The summed E-state index contributed by atoms with van der Waals surface area (Å²) in [5.74, 6) is 2.74. The number of guanidine groups is 1. The Morgan fingerprint density at radius 3 is 2.45 bits per heavy atom. The van der Waals surface area contributed by atoms with Crippen LogP contribution in [0.3, 0.4) is 0 Å². The number of piperazine rings is 1. The third-order valence-electron chi connectivity index (χ3n) is 4.82. The van der Waals surface area contributed by atoms with Crippen molar-refractivity contribution in [2.24, 2.45) is 4.99 Å². The van der Waals surface area contributed by atoms with E-state index < -0.39 is 0 Å². The van der Waals surface area contributed by atoms with E-state index >= 15 is 0 Å². The molecule has 0 spiro atoms. The zero-order chi connectivity index (χ0) is 20.4. The number of ether oxygens (including phenoxy) is 3. The largest absolute Gasteiger partial charge is 0.497 e. The zero-order valence-electron chi connectivity index (χ0n) is 18.4. The number of hydrogen-bond acceptors (Lipinski definition) is 5. The molecule has 8 heteroatoms. The van der Waals surface area contributed by atoms with Gasteiger partial charge < -0.3 is 24.4 Å². The monoisotopic (exact) mass is 520 g/mol. The molecule has 0 amide bonds. The topological polar surface area (TPSA) is 58.6 Å². The Bertz CT molecular complexity index is 620. The fraction of sp³-hybridized carbons (Fsp3) is 0.667. The van der Waals surface area contributed by atoms with Gasteiger partial charge in [0.2, 0.25) is 0 Å². The maximum absolute atomic E-state index is 5.59. The van der Waals surface area contributed by atoms with E-state index in [4.69, 9.17) is 14.2 Å². The maximum Gasteiger partial charge on any atom is 0.193 e. The SMILES string of the molecule is CN=C(NCCCOC(C)C)N1CCN(Cc2cc(OC)ccc2OC)CC1.I. The van der Waals surface area contributed by atoms with E-state index in [1.54, 1.807) is 14.2 Å². The summed E-state index contributed by atoms with van der Waals surface area (Å²) < 4.78 is 16.5. The molecule has 1 N–H and O–H groups in total. The van der Waals surface area contributed by atoms with Crippen molar-refractivity contribution < 1.29 is 14.2 Å². The van der Waals surface area contributed by atoms with Gasteiger partial charge in [0.1, 0.15) is 11.5 Å². The van der Waals surface area contributed by atoms with Crippen LogP contribution in [0.15, 0.2) is 23.2 Å². The van der Waals surface area contributed by atoms with Gasteiger partial charge in [0.15, 0.2) is 5.96 Å². The average Bonchev–Trinajstić information content (AvgIpc) is 2.71. The van der Waals surface area contributed by atoms with Crippen LogP contribution in [0.5, 0.6) is 11.5 Å². The Kier molecular flexibility index (Phi) is 12.3. The summed E-state index contributed by atoms with van der Waals surface area (Å²) in [7, 11) is 5.25. The lowest BCUT2D eigenvalue weighted by atomic mass is 10.1. The van der Waals surface area contributed by atoms with Crippen LogP contribution in [0.1, 0.15) is 25.8 Å². The van der Waals surface area contributed by atoms with Crippen molar-refractivity contribution in [3.05, 3.63) is 23.8 Å². The van der Waals surface area contributed by atoms with E-state index in [-0.39, 0.29) is 30.1 Å². The number of methoxy groups -OCH3 is 2. The number of rotatable bonds is 9. The van der Waals surface area contributed by atoms with Crippen LogP contribution in [-0.2, 0) is 11.3 Å². The van der Waals surface area contributed by atoms with Crippen molar-refractivity contribution in [1.29, 1.82) is 0 Å². The van der Waals surface area contributed by atoms with E-state index in [1.807, 2.05) is 19.2 Å². The van der Waals surface area contributed by atoms with Crippen LogP contribution in [0.2, 0.25) is 0 Å². The second-order valence-corrected chi connectivity index (χ2v) is 7.19. The van der Waals surface area contributed by atoms with Gasteiger partial charge in [0.25, 0.3) is 0 Å². The highest BCUT2D eigenvalue weighted by Crippen LogP contribution is 2.25. The quantitative estimate of drug-likeness (QED) is 0.234. The van der Waals surface area contributed by atoms with Crippen LogP contribution in [0.4, 0.5) is 0 Å². The number of nitrogens with zero attached hydrogens (tertiary/aromatic N) is 3. The number of hydrogen-bond donors (Lipinski definition) is 1. The molecule has 0 aliphatic carbocycles. The van der Waals surface area contributed by atoms with Crippen LogP contribution < -0.4 is 14.8 Å². The minimum Gasteiger partial charge on any atom is -0.497 e. The van der Waals surface area contributed by atoms with E-state index in [2.05, 4.69) is 40.0 Å². The molecule has 0 unspecified atom stereocenters. The van der Waals surface area contributed by atoms with Gasteiger partial charge in [0.05, 0.1) is 20.3 Å². The van der Waals surface area contributed by atoms with Gasteiger partial charge in [-0.3, -0.25) is 9.89 Å². The molecule has 0 bridgehead atoms. The number of benzene rings is 1. The summed E-state index contributed by atoms with van der Waals surface area (Å²) >= 11 is 0.